The Balaban J connectivity index is 1.30. The van der Waals surface area contributed by atoms with Crippen LogP contribution in [0.1, 0.15) is 35.8 Å². The highest BCUT2D eigenvalue weighted by Gasteiger charge is 2.28. The molecule has 0 bridgehead atoms. The molecule has 1 fully saturated rings. The van der Waals surface area contributed by atoms with Crippen molar-refractivity contribution in [3.63, 3.8) is 0 Å². The van der Waals surface area contributed by atoms with Crippen LogP contribution in [0.5, 0.6) is 11.6 Å². The van der Waals surface area contributed by atoms with E-state index in [4.69, 9.17) is 14.2 Å². The molecule has 36 heavy (non-hydrogen) atoms. The molecule has 0 unspecified atom stereocenters. The van der Waals surface area contributed by atoms with E-state index in [2.05, 4.69) is 38.4 Å². The van der Waals surface area contributed by atoms with Gasteiger partial charge in [-0.2, -0.15) is 0 Å². The minimum absolute atomic E-state index is 0.0628. The second kappa shape index (κ2) is 10.6. The molecule has 5 rings (SSSR count). The lowest BCUT2D eigenvalue weighted by molar-refractivity contribution is 0.0509. The van der Waals surface area contributed by atoms with Crippen LogP contribution in [0.4, 0.5) is 5.69 Å². The highest BCUT2D eigenvalue weighted by atomic mass is 16.5. The molecular weight excluding hydrogens is 458 g/mol. The summed E-state index contributed by atoms with van der Waals surface area (Å²) >= 11 is 0. The third-order valence-corrected chi connectivity index (χ3v) is 6.36. The normalized spacial score (nSPS) is 14.1. The molecule has 0 radical (unpaired) electrons. The van der Waals surface area contributed by atoms with Gasteiger partial charge in [0.05, 0.1) is 20.3 Å². The SMILES string of the molecule is CCOC(=O)c1nnn(Cc2ccc(OC)cc2)c1OC1CCN(c2ccc3cnccc3c2)CC1. The van der Waals surface area contributed by atoms with Crippen molar-refractivity contribution in [2.75, 3.05) is 31.7 Å². The summed E-state index contributed by atoms with van der Waals surface area (Å²) in [7, 11) is 1.63. The van der Waals surface area contributed by atoms with E-state index in [1.54, 1.807) is 18.7 Å². The largest absolute Gasteiger partial charge is 0.497 e. The second-order valence-electron chi connectivity index (χ2n) is 8.68. The average Bonchev–Trinajstić information content (AvgIpc) is 3.31. The van der Waals surface area contributed by atoms with E-state index in [-0.39, 0.29) is 18.4 Å². The van der Waals surface area contributed by atoms with Crippen LogP contribution in [-0.4, -0.2) is 58.9 Å². The number of pyridine rings is 1. The molecule has 1 saturated heterocycles. The van der Waals surface area contributed by atoms with Crippen molar-refractivity contribution >= 4 is 22.4 Å². The number of ether oxygens (including phenoxy) is 3. The van der Waals surface area contributed by atoms with Gasteiger partial charge in [-0.1, -0.05) is 23.4 Å². The summed E-state index contributed by atoms with van der Waals surface area (Å²) in [5, 5.41) is 10.6. The van der Waals surface area contributed by atoms with Crippen LogP contribution in [0.3, 0.4) is 0 Å². The van der Waals surface area contributed by atoms with E-state index < -0.39 is 5.97 Å². The maximum Gasteiger partial charge on any atom is 0.364 e. The molecule has 9 nitrogen and oxygen atoms in total. The Morgan fingerprint density at radius 3 is 2.61 bits per heavy atom. The number of esters is 1. The van der Waals surface area contributed by atoms with Gasteiger partial charge in [-0.3, -0.25) is 4.98 Å². The number of methoxy groups -OCH3 is 1. The molecule has 1 aliphatic rings. The minimum Gasteiger partial charge on any atom is -0.497 e. The minimum atomic E-state index is -0.531. The summed E-state index contributed by atoms with van der Waals surface area (Å²) in [5.41, 5.74) is 2.28. The highest BCUT2D eigenvalue weighted by molar-refractivity contribution is 5.89. The smallest absolute Gasteiger partial charge is 0.364 e. The molecule has 0 N–H and O–H groups in total. The molecule has 9 heteroatoms. The standard InChI is InChI=1S/C27H29N5O4/c1-3-35-27(33)25-26(32(30-29-25)18-19-4-8-23(34-2)9-5-19)36-24-11-14-31(15-12-24)22-7-6-21-17-28-13-10-20(21)16-22/h4-10,13,16-17,24H,3,11-12,14-15,18H2,1-2H3. The first-order valence-corrected chi connectivity index (χ1v) is 12.1. The molecule has 1 aliphatic heterocycles. The van der Waals surface area contributed by atoms with Crippen molar-refractivity contribution in [3.05, 3.63) is 72.2 Å². The van der Waals surface area contributed by atoms with Crippen molar-refractivity contribution in [1.29, 1.82) is 0 Å². The van der Waals surface area contributed by atoms with Crippen molar-refractivity contribution in [1.82, 2.24) is 20.0 Å². The number of rotatable bonds is 8. The first-order valence-electron chi connectivity index (χ1n) is 12.1. The lowest BCUT2D eigenvalue weighted by Gasteiger charge is -2.33. The first-order chi connectivity index (χ1) is 17.6. The van der Waals surface area contributed by atoms with Gasteiger partial charge in [-0.15, -0.1) is 5.10 Å². The highest BCUT2D eigenvalue weighted by Crippen LogP contribution is 2.28. The molecule has 3 heterocycles. The van der Waals surface area contributed by atoms with Crippen molar-refractivity contribution in [2.24, 2.45) is 0 Å². The maximum absolute atomic E-state index is 12.6. The van der Waals surface area contributed by atoms with Crippen LogP contribution >= 0.6 is 0 Å². The topological polar surface area (TPSA) is 91.6 Å². The fourth-order valence-corrected chi connectivity index (χ4v) is 4.41. The summed E-state index contributed by atoms with van der Waals surface area (Å²) in [5.74, 6) is 0.591. The third-order valence-electron chi connectivity index (χ3n) is 6.36. The molecule has 0 aliphatic carbocycles. The monoisotopic (exact) mass is 487 g/mol. The summed E-state index contributed by atoms with van der Waals surface area (Å²) in [6, 6.07) is 16.1. The Morgan fingerprint density at radius 2 is 1.86 bits per heavy atom. The first kappa shape index (κ1) is 23.6. The van der Waals surface area contributed by atoms with Crippen LogP contribution in [0.2, 0.25) is 0 Å². The molecule has 0 saturated carbocycles. The van der Waals surface area contributed by atoms with E-state index in [9.17, 15) is 4.79 Å². The Bertz CT molecular complexity index is 1330. The number of carbonyl (C=O) groups excluding carboxylic acids is 1. The quantitative estimate of drug-likeness (QED) is 0.343. The van der Waals surface area contributed by atoms with Crippen molar-refractivity contribution < 1.29 is 19.0 Å². The van der Waals surface area contributed by atoms with Gasteiger partial charge in [-0.05, 0) is 48.2 Å². The van der Waals surface area contributed by atoms with E-state index in [0.717, 1.165) is 42.6 Å². The van der Waals surface area contributed by atoms with Crippen LogP contribution in [-0.2, 0) is 11.3 Å². The zero-order chi connectivity index (χ0) is 24.9. The van der Waals surface area contributed by atoms with E-state index in [0.29, 0.717) is 12.4 Å². The number of carbonyl (C=O) groups is 1. The number of hydrogen-bond donors (Lipinski definition) is 0. The zero-order valence-electron chi connectivity index (χ0n) is 20.5. The van der Waals surface area contributed by atoms with Crippen LogP contribution in [0, 0.1) is 0 Å². The Labute approximate surface area is 209 Å². The van der Waals surface area contributed by atoms with Crippen LogP contribution in [0.15, 0.2) is 60.9 Å². The number of piperidine rings is 1. The molecule has 0 spiro atoms. The van der Waals surface area contributed by atoms with E-state index in [1.807, 2.05) is 42.7 Å². The summed E-state index contributed by atoms with van der Waals surface area (Å²) in [6.07, 6.45) is 5.25. The van der Waals surface area contributed by atoms with Crippen molar-refractivity contribution in [3.8, 4) is 11.6 Å². The van der Waals surface area contributed by atoms with Crippen molar-refractivity contribution in [2.45, 2.75) is 32.4 Å². The second-order valence-corrected chi connectivity index (χ2v) is 8.68. The van der Waals surface area contributed by atoms with Crippen LogP contribution in [0.25, 0.3) is 10.8 Å². The molecule has 2 aromatic heterocycles. The number of aromatic nitrogens is 4. The molecular formula is C27H29N5O4. The van der Waals surface area contributed by atoms with Gasteiger partial charge in [0.25, 0.3) is 0 Å². The third kappa shape index (κ3) is 5.10. The fourth-order valence-electron chi connectivity index (χ4n) is 4.41. The number of fused-ring (bicyclic) bond motifs is 1. The Kier molecular flexibility index (Phi) is 6.97. The van der Waals surface area contributed by atoms with Gasteiger partial charge in [0, 0.05) is 49.4 Å². The predicted molar refractivity (Wildman–Crippen MR) is 136 cm³/mol. The van der Waals surface area contributed by atoms with Crippen LogP contribution < -0.4 is 14.4 Å². The van der Waals surface area contributed by atoms with Gasteiger partial charge in [0.15, 0.2) is 0 Å². The summed E-state index contributed by atoms with van der Waals surface area (Å²) < 4.78 is 18.4. The van der Waals surface area contributed by atoms with Gasteiger partial charge < -0.3 is 19.1 Å². The lowest BCUT2D eigenvalue weighted by Crippen LogP contribution is -2.38. The molecule has 2 aromatic carbocycles. The lowest BCUT2D eigenvalue weighted by atomic mass is 10.1. The number of hydrogen-bond acceptors (Lipinski definition) is 8. The Hall–Kier alpha value is -4.14. The number of benzene rings is 2. The van der Waals surface area contributed by atoms with E-state index >= 15 is 0 Å². The summed E-state index contributed by atoms with van der Waals surface area (Å²) in [6.45, 7) is 4.12. The average molecular weight is 488 g/mol. The predicted octanol–water partition coefficient (Wildman–Crippen LogP) is 4.11. The molecule has 0 atom stereocenters. The maximum atomic E-state index is 12.6. The molecule has 4 aromatic rings. The van der Waals surface area contributed by atoms with Gasteiger partial charge in [0.1, 0.15) is 11.9 Å². The fraction of sp³-hybridized carbons (Fsp3) is 0.333. The molecule has 0 amide bonds. The van der Waals surface area contributed by atoms with E-state index in [1.165, 1.54) is 11.1 Å². The molecule has 186 valence electrons. The zero-order valence-corrected chi connectivity index (χ0v) is 20.5. The van der Waals surface area contributed by atoms with Gasteiger partial charge >= 0.3 is 5.97 Å². The number of anilines is 1. The number of nitrogens with zero attached hydrogens (tertiary/aromatic N) is 5. The van der Waals surface area contributed by atoms with Gasteiger partial charge in [0.2, 0.25) is 11.6 Å². The summed E-state index contributed by atoms with van der Waals surface area (Å²) in [4.78, 5) is 19.1. The van der Waals surface area contributed by atoms with Gasteiger partial charge in [-0.25, -0.2) is 9.48 Å². The Morgan fingerprint density at radius 1 is 1.06 bits per heavy atom.